The molecule has 0 rings (SSSR count). The Morgan fingerprint density at radius 1 is 0.500 bits per heavy atom. The van der Waals surface area contributed by atoms with Crippen molar-refractivity contribution in [3.63, 3.8) is 0 Å². The van der Waals surface area contributed by atoms with Crippen LogP contribution in [0.3, 0.4) is 0 Å². The van der Waals surface area contributed by atoms with Crippen LogP contribution in [0.5, 0.6) is 0 Å². The van der Waals surface area contributed by atoms with Gasteiger partial charge in [0, 0.05) is 19.5 Å². The van der Waals surface area contributed by atoms with E-state index in [0.29, 0.717) is 0 Å². The summed E-state index contributed by atoms with van der Waals surface area (Å²) in [5.41, 5.74) is 0. The maximum Gasteiger partial charge on any atom is 0 e. The van der Waals surface area contributed by atoms with Crippen LogP contribution in [-0.4, -0.2) is 0 Å². The Kier molecular flexibility index (Phi) is 200. The predicted octanol–water partition coefficient (Wildman–Crippen LogP) is 0.172. The molecule has 0 saturated heterocycles. The Balaban J connectivity index is 0. The van der Waals surface area contributed by atoms with Crippen LogP contribution >= 0.6 is 29.7 Å². The molecule has 0 saturated carbocycles. The van der Waals surface area contributed by atoms with Gasteiger partial charge in [0.15, 0.2) is 0 Å². The first-order valence-electron chi connectivity index (χ1n) is 0. The van der Waals surface area contributed by atoms with Gasteiger partial charge in [-0.3, -0.25) is 0 Å². The molecule has 0 N–H and O–H groups in total. The molecule has 0 aliphatic carbocycles. The summed E-state index contributed by atoms with van der Waals surface area (Å²) in [6, 6.07) is 0. The van der Waals surface area contributed by atoms with Crippen molar-refractivity contribution < 1.29 is 19.5 Å². The molecule has 3 unspecified atom stereocenters. The zero-order valence-electron chi connectivity index (χ0n) is 2.45. The third kappa shape index (κ3) is 9.07. The number of rotatable bonds is 0. The van der Waals surface area contributed by atoms with Crippen LogP contribution in [0.4, 0.5) is 0 Å². The van der Waals surface area contributed by atoms with Crippen molar-refractivity contribution in [2.75, 3.05) is 0 Å². The maximum absolute atomic E-state index is 0. The number of hydrogen-bond donors (Lipinski definition) is 0. The van der Waals surface area contributed by atoms with Crippen LogP contribution in [0.1, 0.15) is 0 Å². The van der Waals surface area contributed by atoms with Crippen LogP contribution < -0.4 is 0 Å². The van der Waals surface area contributed by atoms with Crippen LogP contribution in [0.2, 0.25) is 0 Å². The average molecular weight is 205 g/mol. The van der Waals surface area contributed by atoms with Crippen molar-refractivity contribution in [2.45, 2.75) is 0 Å². The predicted molar refractivity (Wildman–Crippen MR) is 33.3 cm³/mol. The summed E-state index contributed by atoms with van der Waals surface area (Å²) in [6.07, 6.45) is 0. The fourth-order valence-electron chi connectivity index (χ4n) is 0. The van der Waals surface area contributed by atoms with Gasteiger partial charge < -0.3 is 0 Å². The number of hydrogen-bond acceptors (Lipinski definition) is 0. The molecule has 1 radical (unpaired) electrons. The van der Waals surface area contributed by atoms with Crippen LogP contribution in [0.15, 0.2) is 0 Å². The van der Waals surface area contributed by atoms with Gasteiger partial charge >= 0.3 is 0 Å². The van der Waals surface area contributed by atoms with E-state index in [0.717, 1.165) is 0 Å². The molecular formula is H9P3Rh. The standard InChI is InChI=1S/3H3P.Rh/h3*1H3;. The van der Waals surface area contributed by atoms with Crippen LogP contribution in [0, 0.1) is 0 Å². The molecule has 0 bridgehead atoms. The molecule has 0 aromatic rings. The zero-order chi connectivity index (χ0) is 0. The third-order valence-electron chi connectivity index (χ3n) is 0. The fourth-order valence-corrected chi connectivity index (χ4v) is 0. The van der Waals surface area contributed by atoms with Gasteiger partial charge in [-0.25, -0.2) is 0 Å². The molecule has 0 fully saturated rings. The average Bonchev–Trinajstić information content (AvgIpc) is 0. The Morgan fingerprint density at radius 2 is 0.500 bits per heavy atom. The van der Waals surface area contributed by atoms with Gasteiger partial charge in [-0.1, -0.05) is 0 Å². The first-order valence-corrected chi connectivity index (χ1v) is 0. The van der Waals surface area contributed by atoms with Crippen LogP contribution in [-0.2, 0) is 19.5 Å². The van der Waals surface area contributed by atoms with Gasteiger partial charge in [-0.05, 0) is 0 Å². The smallest absolute Gasteiger partial charge is 0 e. The van der Waals surface area contributed by atoms with Crippen molar-refractivity contribution in [1.29, 1.82) is 0 Å². The second-order valence-electron chi connectivity index (χ2n) is 0. The van der Waals surface area contributed by atoms with Crippen LogP contribution in [0.25, 0.3) is 0 Å². The van der Waals surface area contributed by atoms with Crippen molar-refractivity contribution in [1.82, 2.24) is 0 Å². The molecule has 4 heteroatoms. The van der Waals surface area contributed by atoms with Crippen molar-refractivity contribution in [3.05, 3.63) is 0 Å². The minimum Gasteiger partial charge on any atom is -0.153 e. The molecule has 0 heterocycles. The van der Waals surface area contributed by atoms with E-state index in [1.54, 1.807) is 0 Å². The quantitative estimate of drug-likeness (QED) is 0.390. The van der Waals surface area contributed by atoms with Gasteiger partial charge in [0.25, 0.3) is 0 Å². The van der Waals surface area contributed by atoms with Gasteiger partial charge in [0.05, 0.1) is 0 Å². The third-order valence-corrected chi connectivity index (χ3v) is 0. The molecule has 0 amide bonds. The molecule has 0 spiro atoms. The summed E-state index contributed by atoms with van der Waals surface area (Å²) in [6.45, 7) is 0. The Labute approximate surface area is 49.5 Å². The molecule has 0 aromatic heterocycles. The van der Waals surface area contributed by atoms with E-state index < -0.39 is 0 Å². The molecule has 33 valence electrons. The van der Waals surface area contributed by atoms with E-state index in [1.807, 2.05) is 0 Å². The normalized spacial score (nSPS) is 0. The Morgan fingerprint density at radius 3 is 0.500 bits per heavy atom. The Bertz CT molecular complexity index is 3.25. The Hall–Kier alpha value is 1.91. The molecule has 0 aliphatic heterocycles. The van der Waals surface area contributed by atoms with Gasteiger partial charge in [0.2, 0.25) is 0 Å². The SMILES string of the molecule is P.P.P.[Rh]. The first-order chi connectivity index (χ1) is 0. The van der Waals surface area contributed by atoms with Crippen molar-refractivity contribution >= 4 is 29.7 Å². The summed E-state index contributed by atoms with van der Waals surface area (Å²) < 4.78 is 0. The van der Waals surface area contributed by atoms with Crippen molar-refractivity contribution in [2.24, 2.45) is 0 Å². The summed E-state index contributed by atoms with van der Waals surface area (Å²) in [5.74, 6) is 0. The molecule has 0 aliphatic rings. The topological polar surface area (TPSA) is 0 Å². The van der Waals surface area contributed by atoms with E-state index in [2.05, 4.69) is 0 Å². The van der Waals surface area contributed by atoms with E-state index >= 15 is 0 Å². The summed E-state index contributed by atoms with van der Waals surface area (Å²) in [4.78, 5) is 0. The van der Waals surface area contributed by atoms with E-state index in [1.165, 1.54) is 0 Å². The van der Waals surface area contributed by atoms with E-state index in [4.69, 9.17) is 0 Å². The minimum absolute atomic E-state index is 0. The molecular weight excluding hydrogens is 196 g/mol. The molecule has 0 aromatic carbocycles. The summed E-state index contributed by atoms with van der Waals surface area (Å²) >= 11 is 0. The van der Waals surface area contributed by atoms with Gasteiger partial charge in [-0.2, -0.15) is 29.7 Å². The van der Waals surface area contributed by atoms with Gasteiger partial charge in [-0.15, -0.1) is 0 Å². The molecule has 3 atom stereocenters. The molecule has 0 nitrogen and oxygen atoms in total. The summed E-state index contributed by atoms with van der Waals surface area (Å²) in [5, 5.41) is 0. The minimum atomic E-state index is 0. The fraction of sp³-hybridized carbons (Fsp3) is 0. The van der Waals surface area contributed by atoms with Gasteiger partial charge in [0.1, 0.15) is 0 Å². The van der Waals surface area contributed by atoms with E-state index in [9.17, 15) is 0 Å². The largest absolute Gasteiger partial charge is 0.153 e. The zero-order valence-corrected chi connectivity index (χ0v) is 8.34. The second kappa shape index (κ2) is 20.6. The van der Waals surface area contributed by atoms with E-state index in [-0.39, 0.29) is 49.2 Å². The maximum atomic E-state index is 0. The first kappa shape index (κ1) is 39.0. The second-order valence-corrected chi connectivity index (χ2v) is 0. The van der Waals surface area contributed by atoms with Crippen molar-refractivity contribution in [3.8, 4) is 0 Å². The monoisotopic (exact) mass is 205 g/mol. The molecule has 4 heavy (non-hydrogen) atoms. The summed E-state index contributed by atoms with van der Waals surface area (Å²) in [7, 11) is 0.